The molecule has 1 aliphatic heterocycles. The molecule has 0 saturated carbocycles. The van der Waals surface area contributed by atoms with E-state index in [0.29, 0.717) is 41.9 Å². The number of pyridine rings is 2. The standard InChI is InChI=1S/C22H30ClN11O3S/c1-13(34-5-7-37-8-6-34)15-9-17(21-27-14(2)28-22(24)30-21)20(26-11-15)29-16-10-18(19(23)25-12-16)31-38(35,36)32-33(3)4/h9-13,31-32H,5-8H2,1-4H3,(H,26,29)(H2,24,27,28,30)/t13-/m1/s1. The van der Waals surface area contributed by atoms with E-state index in [0.717, 1.165) is 18.7 Å². The van der Waals surface area contributed by atoms with Gasteiger partial charge in [-0.05, 0) is 31.5 Å². The number of morpholine rings is 1. The maximum absolute atomic E-state index is 12.3. The Hall–Kier alpha value is -3.21. The monoisotopic (exact) mass is 563 g/mol. The van der Waals surface area contributed by atoms with Crippen molar-refractivity contribution < 1.29 is 13.2 Å². The highest BCUT2D eigenvalue weighted by molar-refractivity contribution is 7.90. The van der Waals surface area contributed by atoms with E-state index in [9.17, 15) is 8.42 Å². The van der Waals surface area contributed by atoms with Crippen molar-refractivity contribution in [3.63, 3.8) is 0 Å². The molecule has 16 heteroatoms. The van der Waals surface area contributed by atoms with Gasteiger partial charge >= 0.3 is 10.2 Å². The molecule has 0 unspecified atom stereocenters. The number of ether oxygens (including phenoxy) is 1. The maximum Gasteiger partial charge on any atom is 0.312 e. The van der Waals surface area contributed by atoms with Gasteiger partial charge in [0.25, 0.3) is 0 Å². The van der Waals surface area contributed by atoms with Gasteiger partial charge in [0, 0.05) is 39.4 Å². The van der Waals surface area contributed by atoms with Crippen molar-refractivity contribution in [2.24, 2.45) is 0 Å². The lowest BCUT2D eigenvalue weighted by Gasteiger charge is -2.32. The number of anilines is 4. The van der Waals surface area contributed by atoms with E-state index < -0.39 is 10.2 Å². The molecule has 1 atom stereocenters. The number of nitrogens with zero attached hydrogens (tertiary/aromatic N) is 7. The average Bonchev–Trinajstić information content (AvgIpc) is 2.85. The molecule has 1 saturated heterocycles. The van der Waals surface area contributed by atoms with Gasteiger partial charge in [-0.2, -0.15) is 18.4 Å². The molecule has 4 rings (SSSR count). The minimum absolute atomic E-state index is 0.0246. The average molecular weight is 564 g/mol. The summed E-state index contributed by atoms with van der Waals surface area (Å²) in [6, 6.07) is 3.53. The Bertz CT molecular complexity index is 1380. The number of hydrazine groups is 1. The van der Waals surface area contributed by atoms with Crippen molar-refractivity contribution in [1.29, 1.82) is 0 Å². The smallest absolute Gasteiger partial charge is 0.312 e. The molecule has 3 aromatic heterocycles. The van der Waals surface area contributed by atoms with Crippen LogP contribution in [-0.2, 0) is 14.9 Å². The van der Waals surface area contributed by atoms with Gasteiger partial charge in [0.1, 0.15) is 11.6 Å². The van der Waals surface area contributed by atoms with E-state index in [-0.39, 0.29) is 22.8 Å². The number of rotatable bonds is 9. The number of hydrogen-bond donors (Lipinski definition) is 4. The van der Waals surface area contributed by atoms with Crippen molar-refractivity contribution in [2.45, 2.75) is 19.9 Å². The lowest BCUT2D eigenvalue weighted by atomic mass is 10.1. The molecular formula is C22H30ClN11O3S. The van der Waals surface area contributed by atoms with Crippen LogP contribution in [0.4, 0.5) is 23.1 Å². The minimum Gasteiger partial charge on any atom is -0.379 e. The zero-order chi connectivity index (χ0) is 27.4. The molecule has 1 aliphatic rings. The van der Waals surface area contributed by atoms with Crippen molar-refractivity contribution in [1.82, 2.24) is 39.7 Å². The molecule has 5 N–H and O–H groups in total. The van der Waals surface area contributed by atoms with E-state index in [1.54, 1.807) is 27.2 Å². The summed E-state index contributed by atoms with van der Waals surface area (Å²) in [4.78, 5) is 26.2. The van der Waals surface area contributed by atoms with E-state index in [4.69, 9.17) is 22.1 Å². The molecule has 3 aromatic rings. The summed E-state index contributed by atoms with van der Waals surface area (Å²) in [6.07, 6.45) is 3.24. The Labute approximate surface area is 226 Å². The molecular weight excluding hydrogens is 534 g/mol. The van der Waals surface area contributed by atoms with Gasteiger partial charge < -0.3 is 15.8 Å². The predicted molar refractivity (Wildman–Crippen MR) is 145 cm³/mol. The van der Waals surface area contributed by atoms with Gasteiger partial charge in [-0.3, -0.25) is 9.62 Å². The number of hydrogen-bond acceptors (Lipinski definition) is 12. The van der Waals surface area contributed by atoms with Gasteiger partial charge in [-0.15, -0.1) is 4.83 Å². The SMILES string of the molecule is Cc1nc(N)nc(-c2cc([C@@H](C)N3CCOCC3)cnc2Nc2cnc(Cl)c(NS(=O)(=O)NN(C)C)c2)n1. The maximum atomic E-state index is 12.3. The van der Waals surface area contributed by atoms with E-state index in [1.807, 2.05) is 6.07 Å². The third kappa shape index (κ3) is 7.00. The first-order chi connectivity index (χ1) is 18.0. The van der Waals surface area contributed by atoms with Crippen LogP contribution in [-0.4, -0.2) is 83.6 Å². The zero-order valence-corrected chi connectivity index (χ0v) is 23.0. The Balaban J connectivity index is 1.70. The molecule has 204 valence electrons. The third-order valence-corrected chi connectivity index (χ3v) is 7.03. The molecule has 38 heavy (non-hydrogen) atoms. The van der Waals surface area contributed by atoms with Crippen molar-refractivity contribution in [2.75, 3.05) is 56.2 Å². The fourth-order valence-electron chi connectivity index (χ4n) is 3.91. The number of halogens is 1. The summed E-state index contributed by atoms with van der Waals surface area (Å²) >= 11 is 6.16. The Morgan fingerprint density at radius 3 is 2.55 bits per heavy atom. The molecule has 0 spiro atoms. The Kier molecular flexibility index (Phi) is 8.54. The van der Waals surface area contributed by atoms with Gasteiger partial charge in [0.15, 0.2) is 11.0 Å². The molecule has 0 amide bonds. The quantitative estimate of drug-likeness (QED) is 0.219. The van der Waals surface area contributed by atoms with Crippen LogP contribution in [0.5, 0.6) is 0 Å². The highest BCUT2D eigenvalue weighted by atomic mass is 35.5. The number of aryl methyl sites for hydroxylation is 1. The number of aromatic nitrogens is 5. The normalized spacial score (nSPS) is 15.4. The van der Waals surface area contributed by atoms with E-state index in [1.165, 1.54) is 17.3 Å². The van der Waals surface area contributed by atoms with Gasteiger partial charge in [-0.25, -0.2) is 20.0 Å². The van der Waals surface area contributed by atoms with Crippen LogP contribution in [0, 0.1) is 6.92 Å². The molecule has 0 aliphatic carbocycles. The van der Waals surface area contributed by atoms with Crippen LogP contribution in [0.15, 0.2) is 24.5 Å². The summed E-state index contributed by atoms with van der Waals surface area (Å²) in [7, 11) is -0.839. The number of nitrogens with one attached hydrogen (secondary N) is 3. The molecule has 0 radical (unpaired) electrons. The first-order valence-electron chi connectivity index (χ1n) is 11.7. The highest BCUT2D eigenvalue weighted by Gasteiger charge is 2.22. The first kappa shape index (κ1) is 27.8. The van der Waals surface area contributed by atoms with Crippen molar-refractivity contribution in [3.8, 4) is 11.4 Å². The van der Waals surface area contributed by atoms with Crippen LogP contribution in [0.2, 0.25) is 5.15 Å². The van der Waals surface area contributed by atoms with Gasteiger partial charge in [0.05, 0.1) is 36.3 Å². The topological polar surface area (TPSA) is 176 Å². The van der Waals surface area contributed by atoms with Crippen LogP contribution in [0.1, 0.15) is 24.4 Å². The molecule has 4 heterocycles. The van der Waals surface area contributed by atoms with Gasteiger partial charge in [-0.1, -0.05) is 11.6 Å². The highest BCUT2D eigenvalue weighted by Crippen LogP contribution is 2.32. The Morgan fingerprint density at radius 1 is 1.13 bits per heavy atom. The molecule has 1 fully saturated rings. The summed E-state index contributed by atoms with van der Waals surface area (Å²) in [6.45, 7) is 6.81. The molecule has 0 bridgehead atoms. The largest absolute Gasteiger partial charge is 0.379 e. The van der Waals surface area contributed by atoms with Crippen molar-refractivity contribution in [3.05, 3.63) is 41.1 Å². The van der Waals surface area contributed by atoms with E-state index >= 15 is 0 Å². The fourth-order valence-corrected chi connectivity index (χ4v) is 5.09. The second-order valence-electron chi connectivity index (χ2n) is 8.83. The van der Waals surface area contributed by atoms with Crippen LogP contribution >= 0.6 is 11.6 Å². The summed E-state index contributed by atoms with van der Waals surface area (Å²) in [5.41, 5.74) is 7.97. The summed E-state index contributed by atoms with van der Waals surface area (Å²) in [5, 5.41) is 4.43. The Morgan fingerprint density at radius 2 is 1.87 bits per heavy atom. The summed E-state index contributed by atoms with van der Waals surface area (Å²) < 4.78 is 32.5. The third-order valence-electron chi connectivity index (χ3n) is 5.64. The second-order valence-corrected chi connectivity index (χ2v) is 10.6. The first-order valence-corrected chi connectivity index (χ1v) is 13.6. The predicted octanol–water partition coefficient (Wildman–Crippen LogP) is 1.73. The lowest BCUT2D eigenvalue weighted by molar-refractivity contribution is 0.0198. The minimum atomic E-state index is -3.93. The zero-order valence-electron chi connectivity index (χ0n) is 21.4. The van der Waals surface area contributed by atoms with Crippen LogP contribution < -0.4 is 20.6 Å². The fraction of sp³-hybridized carbons (Fsp3) is 0.409. The van der Waals surface area contributed by atoms with Gasteiger partial charge in [0.2, 0.25) is 5.95 Å². The molecule has 0 aromatic carbocycles. The number of nitrogens with two attached hydrogens (primary N) is 1. The van der Waals surface area contributed by atoms with E-state index in [2.05, 4.69) is 51.6 Å². The number of nitrogen functional groups attached to an aromatic ring is 1. The summed E-state index contributed by atoms with van der Waals surface area (Å²) in [5.74, 6) is 1.31. The molecule has 14 nitrogen and oxygen atoms in total. The van der Waals surface area contributed by atoms with Crippen LogP contribution in [0.25, 0.3) is 11.4 Å². The lowest BCUT2D eigenvalue weighted by Crippen LogP contribution is -2.40. The van der Waals surface area contributed by atoms with Crippen LogP contribution in [0.3, 0.4) is 0 Å². The second kappa shape index (κ2) is 11.7. The van der Waals surface area contributed by atoms with Crippen molar-refractivity contribution >= 4 is 45.0 Å².